The molecule has 168 valence electrons. The summed E-state index contributed by atoms with van der Waals surface area (Å²) in [5.41, 5.74) is 3.27. The molecule has 0 saturated heterocycles. The minimum absolute atomic E-state index is 0.0833. The molecule has 2 heterocycles. The highest BCUT2D eigenvalue weighted by molar-refractivity contribution is 6.37. The van der Waals surface area contributed by atoms with E-state index in [1.54, 1.807) is 36.4 Å². The van der Waals surface area contributed by atoms with E-state index in [1.165, 1.54) is 7.11 Å². The second-order valence-corrected chi connectivity index (χ2v) is 7.60. The van der Waals surface area contributed by atoms with Crippen LogP contribution in [0.4, 0.5) is 5.69 Å². The third-order valence-electron chi connectivity index (χ3n) is 5.54. The maximum absolute atomic E-state index is 12.7. The number of carbonyl (C=O) groups is 2. The highest BCUT2D eigenvalue weighted by Gasteiger charge is 2.33. The van der Waals surface area contributed by atoms with Crippen molar-refractivity contribution in [2.45, 2.75) is 0 Å². The van der Waals surface area contributed by atoms with Gasteiger partial charge in [0.2, 0.25) is 0 Å². The van der Waals surface area contributed by atoms with Gasteiger partial charge in [0.1, 0.15) is 24.7 Å². The number of para-hydroxylation sites is 1. The molecule has 0 bridgehead atoms. The Morgan fingerprint density at radius 1 is 0.971 bits per heavy atom. The zero-order chi connectivity index (χ0) is 23.7. The molecule has 0 fully saturated rings. The van der Waals surface area contributed by atoms with E-state index in [0.29, 0.717) is 47.3 Å². The lowest BCUT2D eigenvalue weighted by molar-refractivity contribution is -0.123. The van der Waals surface area contributed by atoms with E-state index in [1.807, 2.05) is 24.3 Å². The Balaban J connectivity index is 1.59. The maximum atomic E-state index is 12.7. The van der Waals surface area contributed by atoms with E-state index in [9.17, 15) is 9.59 Å². The Kier molecular flexibility index (Phi) is 5.36. The minimum atomic E-state index is -0.559. The topological polar surface area (TPSA) is 110 Å². The average Bonchev–Trinajstić information content (AvgIpc) is 3.15. The van der Waals surface area contributed by atoms with Gasteiger partial charge in [0, 0.05) is 16.8 Å². The molecule has 5 rings (SSSR count). The molecule has 34 heavy (non-hydrogen) atoms. The summed E-state index contributed by atoms with van der Waals surface area (Å²) in [5.74, 6) is 0.634. The van der Waals surface area contributed by atoms with Gasteiger partial charge in [-0.2, -0.15) is 5.26 Å². The first-order valence-corrected chi connectivity index (χ1v) is 10.5. The normalized spacial score (nSPS) is 14.5. The highest BCUT2D eigenvalue weighted by atomic mass is 16.6. The Hall–Kier alpha value is -4.77. The standard InChI is InChI=1S/C26H19N3O5/c1-32-21-13-16(18-6-3-7-20-24(18)34-11-10-33-20)8-9-19(21)22-23(26(31)29-25(22)30)28-17-5-2-4-15(12-17)14-27/h2-9,12-13H,10-11H2,1H3,(H2,28,29,30,31). The van der Waals surface area contributed by atoms with Gasteiger partial charge in [-0.3, -0.25) is 14.9 Å². The van der Waals surface area contributed by atoms with Crippen LogP contribution >= 0.6 is 0 Å². The van der Waals surface area contributed by atoms with E-state index in [4.69, 9.17) is 19.5 Å². The lowest BCUT2D eigenvalue weighted by Gasteiger charge is -2.21. The van der Waals surface area contributed by atoms with Crippen molar-refractivity contribution in [3.63, 3.8) is 0 Å². The van der Waals surface area contributed by atoms with Crippen molar-refractivity contribution in [3.8, 4) is 34.4 Å². The fraction of sp³-hybridized carbons (Fsp3) is 0.115. The predicted octanol–water partition coefficient (Wildman–Crippen LogP) is 3.48. The molecule has 8 heteroatoms. The van der Waals surface area contributed by atoms with E-state index >= 15 is 0 Å². The van der Waals surface area contributed by atoms with Gasteiger partial charge in [-0.15, -0.1) is 0 Å². The number of rotatable bonds is 5. The van der Waals surface area contributed by atoms with Crippen LogP contribution in [0.1, 0.15) is 11.1 Å². The predicted molar refractivity (Wildman–Crippen MR) is 124 cm³/mol. The first-order chi connectivity index (χ1) is 16.6. The molecule has 0 atom stereocenters. The molecule has 0 aliphatic carbocycles. The number of carbonyl (C=O) groups excluding carboxylic acids is 2. The van der Waals surface area contributed by atoms with Crippen molar-refractivity contribution in [2.24, 2.45) is 0 Å². The summed E-state index contributed by atoms with van der Waals surface area (Å²) in [4.78, 5) is 25.3. The van der Waals surface area contributed by atoms with E-state index in [-0.39, 0.29) is 11.3 Å². The second-order valence-electron chi connectivity index (χ2n) is 7.60. The first-order valence-electron chi connectivity index (χ1n) is 10.5. The van der Waals surface area contributed by atoms with E-state index in [0.717, 1.165) is 11.1 Å². The molecule has 0 unspecified atom stereocenters. The van der Waals surface area contributed by atoms with Gasteiger partial charge in [-0.05, 0) is 42.0 Å². The van der Waals surface area contributed by atoms with Crippen molar-refractivity contribution in [3.05, 3.63) is 77.5 Å². The monoisotopic (exact) mass is 453 g/mol. The Morgan fingerprint density at radius 2 is 1.79 bits per heavy atom. The molecule has 2 N–H and O–H groups in total. The van der Waals surface area contributed by atoms with Crippen molar-refractivity contribution >= 4 is 23.1 Å². The molecule has 2 amide bonds. The Labute approximate surface area is 195 Å². The van der Waals surface area contributed by atoms with Crippen LogP contribution in [0.25, 0.3) is 16.7 Å². The molecular weight excluding hydrogens is 434 g/mol. The summed E-state index contributed by atoms with van der Waals surface area (Å²) in [5, 5.41) is 14.5. The van der Waals surface area contributed by atoms with Gasteiger partial charge in [-0.25, -0.2) is 0 Å². The average molecular weight is 453 g/mol. The number of ether oxygens (including phenoxy) is 3. The fourth-order valence-electron chi connectivity index (χ4n) is 4.01. The largest absolute Gasteiger partial charge is 0.496 e. The lowest BCUT2D eigenvalue weighted by atomic mass is 9.97. The number of amides is 2. The molecule has 0 spiro atoms. The first kappa shape index (κ1) is 21.1. The molecule has 3 aromatic rings. The van der Waals surface area contributed by atoms with Crippen molar-refractivity contribution in [2.75, 3.05) is 25.6 Å². The van der Waals surface area contributed by atoms with Crippen LogP contribution in [-0.4, -0.2) is 32.1 Å². The number of hydrogen-bond donors (Lipinski definition) is 2. The van der Waals surface area contributed by atoms with Crippen LogP contribution in [0.2, 0.25) is 0 Å². The number of fused-ring (bicyclic) bond motifs is 1. The number of imide groups is 1. The van der Waals surface area contributed by atoms with Crippen molar-refractivity contribution in [1.82, 2.24) is 5.32 Å². The number of anilines is 1. The summed E-state index contributed by atoms with van der Waals surface area (Å²) in [7, 11) is 1.50. The highest BCUT2D eigenvalue weighted by Crippen LogP contribution is 2.42. The lowest BCUT2D eigenvalue weighted by Crippen LogP contribution is -2.24. The summed E-state index contributed by atoms with van der Waals surface area (Å²) < 4.78 is 17.1. The second kappa shape index (κ2) is 8.64. The SMILES string of the molecule is COc1cc(-c2cccc3c2OCCO3)ccc1C1=C(Nc2cccc(C#N)c2)C(=O)NC1=O. The molecule has 3 aromatic carbocycles. The Morgan fingerprint density at radius 3 is 2.62 bits per heavy atom. The van der Waals surface area contributed by atoms with E-state index in [2.05, 4.69) is 16.7 Å². The fourth-order valence-corrected chi connectivity index (χ4v) is 4.01. The van der Waals surface area contributed by atoms with Crippen LogP contribution in [0.5, 0.6) is 17.2 Å². The summed E-state index contributed by atoms with van der Waals surface area (Å²) in [6.45, 7) is 0.944. The zero-order valence-corrected chi connectivity index (χ0v) is 18.2. The molecule has 2 aliphatic rings. The zero-order valence-electron chi connectivity index (χ0n) is 18.2. The molecule has 2 aliphatic heterocycles. The molecule has 8 nitrogen and oxygen atoms in total. The van der Waals surface area contributed by atoms with Gasteiger partial charge >= 0.3 is 0 Å². The number of methoxy groups -OCH3 is 1. The van der Waals surface area contributed by atoms with E-state index < -0.39 is 11.8 Å². The van der Waals surface area contributed by atoms with Crippen LogP contribution in [0, 0.1) is 11.3 Å². The molecule has 0 saturated carbocycles. The van der Waals surface area contributed by atoms with Crippen LogP contribution in [0.15, 0.2) is 66.4 Å². The van der Waals surface area contributed by atoms with Gasteiger partial charge in [0.05, 0.1) is 24.3 Å². The number of nitrogens with zero attached hydrogens (tertiary/aromatic N) is 1. The molecule has 0 radical (unpaired) electrons. The number of nitrogens with one attached hydrogen (secondary N) is 2. The quantitative estimate of drug-likeness (QED) is 0.569. The summed E-state index contributed by atoms with van der Waals surface area (Å²) in [6.07, 6.45) is 0. The number of benzene rings is 3. The minimum Gasteiger partial charge on any atom is -0.496 e. The van der Waals surface area contributed by atoms with Crippen LogP contribution < -0.4 is 24.8 Å². The maximum Gasteiger partial charge on any atom is 0.275 e. The summed E-state index contributed by atoms with van der Waals surface area (Å²) in [6, 6.07) is 19.7. The van der Waals surface area contributed by atoms with Gasteiger partial charge < -0.3 is 19.5 Å². The Bertz CT molecular complexity index is 1400. The third kappa shape index (κ3) is 3.69. The van der Waals surface area contributed by atoms with Crippen molar-refractivity contribution in [1.29, 1.82) is 5.26 Å². The van der Waals surface area contributed by atoms with Gasteiger partial charge in [0.25, 0.3) is 11.8 Å². The number of hydrogen-bond acceptors (Lipinski definition) is 7. The molecular formula is C26H19N3O5. The third-order valence-corrected chi connectivity index (χ3v) is 5.54. The molecule has 0 aromatic heterocycles. The smallest absolute Gasteiger partial charge is 0.275 e. The van der Waals surface area contributed by atoms with Crippen LogP contribution in [0.3, 0.4) is 0 Å². The van der Waals surface area contributed by atoms with Crippen molar-refractivity contribution < 1.29 is 23.8 Å². The summed E-state index contributed by atoms with van der Waals surface area (Å²) >= 11 is 0. The van der Waals surface area contributed by atoms with Gasteiger partial charge in [-0.1, -0.05) is 24.3 Å². The number of nitriles is 1. The van der Waals surface area contributed by atoms with Gasteiger partial charge in [0.15, 0.2) is 11.5 Å². The van der Waals surface area contributed by atoms with Crippen LogP contribution in [-0.2, 0) is 9.59 Å².